The molecule has 0 aromatic carbocycles. The zero-order valence-corrected chi connectivity index (χ0v) is 8.40. The fraction of sp³-hybridized carbons (Fsp3) is 0.875. The first kappa shape index (κ1) is 9.39. The molecule has 0 saturated heterocycles. The van der Waals surface area contributed by atoms with E-state index in [0.717, 1.165) is 25.5 Å². The van der Waals surface area contributed by atoms with Gasteiger partial charge < -0.3 is 11.1 Å². The van der Waals surface area contributed by atoms with Crippen LogP contribution in [0.5, 0.6) is 0 Å². The summed E-state index contributed by atoms with van der Waals surface area (Å²) >= 11 is 0. The molecule has 14 heavy (non-hydrogen) atoms. The average Bonchev–Trinajstić information content (AvgIpc) is 2.81. The highest BCUT2D eigenvalue weighted by atomic mass is 15.6. The third-order valence-corrected chi connectivity index (χ3v) is 2.87. The topological polar surface area (TPSA) is 81.7 Å². The van der Waals surface area contributed by atoms with E-state index in [0.29, 0.717) is 5.41 Å². The molecule has 1 aromatic heterocycles. The third-order valence-electron chi connectivity index (χ3n) is 2.87. The van der Waals surface area contributed by atoms with Gasteiger partial charge in [0.05, 0.1) is 0 Å². The van der Waals surface area contributed by atoms with Crippen LogP contribution in [0.25, 0.3) is 0 Å². The van der Waals surface area contributed by atoms with Crippen molar-refractivity contribution >= 4 is 5.95 Å². The summed E-state index contributed by atoms with van der Waals surface area (Å²) < 4.78 is 1.64. The number of hydrogen-bond acceptors (Lipinski definition) is 5. The first-order valence-electron chi connectivity index (χ1n) is 4.92. The Morgan fingerprint density at radius 2 is 2.36 bits per heavy atom. The van der Waals surface area contributed by atoms with E-state index in [1.54, 1.807) is 4.68 Å². The highest BCUT2D eigenvalue weighted by Gasteiger charge is 2.41. The Labute approximate surface area is 82.9 Å². The lowest BCUT2D eigenvalue weighted by Gasteiger charge is -2.14. The van der Waals surface area contributed by atoms with Gasteiger partial charge in [0.15, 0.2) is 0 Å². The maximum absolute atomic E-state index is 5.56. The zero-order chi connectivity index (χ0) is 10.0. The summed E-state index contributed by atoms with van der Waals surface area (Å²) in [6.45, 7) is 1.69. The molecule has 0 radical (unpaired) electrons. The number of aryl methyl sites for hydroxylation is 1. The smallest absolute Gasteiger partial charge is 0.242 e. The molecular formula is C8H16N6. The van der Waals surface area contributed by atoms with Gasteiger partial charge in [-0.05, 0) is 41.6 Å². The van der Waals surface area contributed by atoms with Gasteiger partial charge in [-0.25, -0.2) is 4.68 Å². The fourth-order valence-corrected chi connectivity index (χ4v) is 1.64. The molecule has 2 rings (SSSR count). The van der Waals surface area contributed by atoms with Crippen LogP contribution in [0.15, 0.2) is 0 Å². The van der Waals surface area contributed by atoms with Gasteiger partial charge in [-0.3, -0.25) is 0 Å². The lowest BCUT2D eigenvalue weighted by atomic mass is 10.0. The van der Waals surface area contributed by atoms with E-state index in [2.05, 4.69) is 20.8 Å². The molecule has 1 aliphatic rings. The highest BCUT2D eigenvalue weighted by molar-refractivity contribution is 5.22. The standard InChI is InChI=1S/C8H16N6/c1-14-7(11-12-13-14)10-6-8(2-3-8)4-5-9/h2-6,9H2,1H3,(H,10,11,13). The van der Waals surface area contributed by atoms with E-state index < -0.39 is 0 Å². The zero-order valence-electron chi connectivity index (χ0n) is 8.40. The van der Waals surface area contributed by atoms with Gasteiger partial charge in [-0.1, -0.05) is 5.10 Å². The molecule has 0 atom stereocenters. The van der Waals surface area contributed by atoms with Crippen LogP contribution in [-0.4, -0.2) is 33.3 Å². The molecule has 0 amide bonds. The molecule has 0 spiro atoms. The van der Waals surface area contributed by atoms with Gasteiger partial charge >= 0.3 is 0 Å². The minimum atomic E-state index is 0.417. The van der Waals surface area contributed by atoms with E-state index in [1.165, 1.54) is 12.8 Å². The number of nitrogens with zero attached hydrogens (tertiary/aromatic N) is 4. The normalized spacial score (nSPS) is 18.1. The summed E-state index contributed by atoms with van der Waals surface area (Å²) in [6, 6.07) is 0. The molecule has 1 aliphatic carbocycles. The van der Waals surface area contributed by atoms with Crippen LogP contribution in [0.3, 0.4) is 0 Å². The molecule has 78 valence electrons. The van der Waals surface area contributed by atoms with Crippen LogP contribution in [0.2, 0.25) is 0 Å². The van der Waals surface area contributed by atoms with Crippen LogP contribution in [-0.2, 0) is 7.05 Å². The van der Waals surface area contributed by atoms with Crippen molar-refractivity contribution in [1.29, 1.82) is 0 Å². The Morgan fingerprint density at radius 3 is 2.86 bits per heavy atom. The second kappa shape index (κ2) is 3.53. The predicted octanol–water partition coefficient (Wildman–Crippen LogP) is -0.249. The van der Waals surface area contributed by atoms with Crippen LogP contribution in [0.4, 0.5) is 5.95 Å². The van der Waals surface area contributed by atoms with Gasteiger partial charge in [0, 0.05) is 13.6 Å². The number of nitrogens with one attached hydrogen (secondary N) is 1. The first-order chi connectivity index (χ1) is 6.76. The fourth-order valence-electron chi connectivity index (χ4n) is 1.64. The number of nitrogens with two attached hydrogens (primary N) is 1. The summed E-state index contributed by atoms with van der Waals surface area (Å²) in [6.07, 6.45) is 3.62. The molecule has 1 saturated carbocycles. The maximum Gasteiger partial charge on any atom is 0.242 e. The first-order valence-corrected chi connectivity index (χ1v) is 4.92. The molecule has 1 fully saturated rings. The average molecular weight is 196 g/mol. The van der Waals surface area contributed by atoms with Crippen LogP contribution < -0.4 is 11.1 Å². The number of aromatic nitrogens is 4. The Kier molecular flexibility index (Phi) is 2.37. The van der Waals surface area contributed by atoms with Crippen LogP contribution in [0.1, 0.15) is 19.3 Å². The summed E-state index contributed by atoms with van der Waals surface area (Å²) in [5.41, 5.74) is 5.98. The third kappa shape index (κ3) is 1.84. The van der Waals surface area contributed by atoms with Gasteiger partial charge in [-0.2, -0.15) is 0 Å². The van der Waals surface area contributed by atoms with Crippen molar-refractivity contribution < 1.29 is 0 Å². The molecule has 6 nitrogen and oxygen atoms in total. The van der Waals surface area contributed by atoms with E-state index in [-0.39, 0.29) is 0 Å². The quantitative estimate of drug-likeness (QED) is 0.678. The van der Waals surface area contributed by atoms with Crippen molar-refractivity contribution in [3.63, 3.8) is 0 Å². The molecule has 0 unspecified atom stereocenters. The molecule has 0 bridgehead atoms. The van der Waals surface area contributed by atoms with E-state index in [4.69, 9.17) is 5.73 Å². The van der Waals surface area contributed by atoms with Crippen LogP contribution in [0, 0.1) is 5.41 Å². The number of hydrogen-bond donors (Lipinski definition) is 2. The van der Waals surface area contributed by atoms with Crippen molar-refractivity contribution in [3.8, 4) is 0 Å². The van der Waals surface area contributed by atoms with E-state index in [9.17, 15) is 0 Å². The Bertz CT molecular complexity index is 303. The van der Waals surface area contributed by atoms with Crippen molar-refractivity contribution in [2.24, 2.45) is 18.2 Å². The Hall–Kier alpha value is -1.17. The monoisotopic (exact) mass is 196 g/mol. The van der Waals surface area contributed by atoms with Gasteiger partial charge in [0.1, 0.15) is 0 Å². The summed E-state index contributed by atoms with van der Waals surface area (Å²) in [5, 5.41) is 14.4. The van der Waals surface area contributed by atoms with Crippen molar-refractivity contribution in [2.45, 2.75) is 19.3 Å². The molecule has 3 N–H and O–H groups in total. The lowest BCUT2D eigenvalue weighted by Crippen LogP contribution is -2.20. The number of tetrazole rings is 1. The molecule has 6 heteroatoms. The van der Waals surface area contributed by atoms with Crippen LogP contribution >= 0.6 is 0 Å². The minimum Gasteiger partial charge on any atom is -0.353 e. The van der Waals surface area contributed by atoms with E-state index >= 15 is 0 Å². The van der Waals surface area contributed by atoms with Crippen molar-refractivity contribution in [1.82, 2.24) is 20.2 Å². The largest absolute Gasteiger partial charge is 0.353 e. The summed E-state index contributed by atoms with van der Waals surface area (Å²) in [4.78, 5) is 0. The van der Waals surface area contributed by atoms with Crippen molar-refractivity contribution in [2.75, 3.05) is 18.4 Å². The highest BCUT2D eigenvalue weighted by Crippen LogP contribution is 2.48. The molecule has 0 aliphatic heterocycles. The molecule has 1 heterocycles. The Morgan fingerprint density at radius 1 is 1.57 bits per heavy atom. The van der Waals surface area contributed by atoms with Gasteiger partial charge in [0.2, 0.25) is 5.95 Å². The second-order valence-electron chi connectivity index (χ2n) is 4.02. The van der Waals surface area contributed by atoms with E-state index in [1.807, 2.05) is 7.05 Å². The van der Waals surface area contributed by atoms with Gasteiger partial charge in [0.25, 0.3) is 0 Å². The maximum atomic E-state index is 5.56. The predicted molar refractivity (Wildman–Crippen MR) is 52.6 cm³/mol. The summed E-state index contributed by atoms with van der Waals surface area (Å²) in [7, 11) is 1.82. The SMILES string of the molecule is Cn1nnnc1NCC1(CCN)CC1. The second-order valence-corrected chi connectivity index (χ2v) is 4.02. The number of rotatable bonds is 5. The van der Waals surface area contributed by atoms with Gasteiger partial charge in [-0.15, -0.1) is 0 Å². The lowest BCUT2D eigenvalue weighted by molar-refractivity contribution is 0.498. The molecule has 1 aromatic rings. The Balaban J connectivity index is 1.86. The number of anilines is 1. The minimum absolute atomic E-state index is 0.417. The summed E-state index contributed by atoms with van der Waals surface area (Å²) in [5.74, 6) is 0.730. The molecular weight excluding hydrogens is 180 g/mol. The van der Waals surface area contributed by atoms with Crippen molar-refractivity contribution in [3.05, 3.63) is 0 Å².